The number of rotatable bonds is 1. The number of carbonyl (C=O) groups excluding carboxylic acids is 1. The van der Waals surface area contributed by atoms with E-state index in [9.17, 15) is 4.79 Å². The Hall–Kier alpha value is -1.59. The summed E-state index contributed by atoms with van der Waals surface area (Å²) in [5.74, 6) is 2.44. The molecule has 1 aromatic rings. The van der Waals surface area contributed by atoms with Gasteiger partial charge in [0.1, 0.15) is 17.8 Å². The molecule has 2 heterocycles. The van der Waals surface area contributed by atoms with Gasteiger partial charge in [0.2, 0.25) is 0 Å². The minimum Gasteiger partial charge on any atom is -0.444 e. The van der Waals surface area contributed by atoms with Gasteiger partial charge in [-0.15, -0.1) is 10.2 Å². The third-order valence-corrected chi connectivity index (χ3v) is 3.60. The number of aromatic nitrogens is 3. The first-order chi connectivity index (χ1) is 8.46. The Morgan fingerprint density at radius 1 is 1.44 bits per heavy atom. The molecule has 0 spiro atoms. The van der Waals surface area contributed by atoms with E-state index in [-0.39, 0.29) is 6.09 Å². The van der Waals surface area contributed by atoms with E-state index >= 15 is 0 Å². The van der Waals surface area contributed by atoms with Crippen LogP contribution in [0, 0.1) is 11.8 Å². The summed E-state index contributed by atoms with van der Waals surface area (Å²) in [5, 5.41) is 7.85. The van der Waals surface area contributed by atoms with Crippen molar-refractivity contribution in [3.8, 4) is 0 Å². The lowest BCUT2D eigenvalue weighted by Crippen LogP contribution is -2.36. The number of fused-ring (bicyclic) bond motifs is 1. The fourth-order valence-corrected chi connectivity index (χ4v) is 2.79. The molecule has 6 heteroatoms. The zero-order valence-electron chi connectivity index (χ0n) is 10.9. The second-order valence-electron chi connectivity index (χ2n) is 6.11. The van der Waals surface area contributed by atoms with Gasteiger partial charge in [-0.25, -0.2) is 4.79 Å². The average Bonchev–Trinajstić information content (AvgIpc) is 2.76. The Kier molecular flexibility index (Phi) is 2.36. The van der Waals surface area contributed by atoms with Gasteiger partial charge in [0.25, 0.3) is 0 Å². The first-order valence-corrected chi connectivity index (χ1v) is 6.29. The van der Waals surface area contributed by atoms with E-state index in [0.29, 0.717) is 17.8 Å². The van der Waals surface area contributed by atoms with Gasteiger partial charge in [-0.2, -0.15) is 0 Å². The Balaban J connectivity index is 1.56. The molecule has 3 rings (SSSR count). The monoisotopic (exact) mass is 250 g/mol. The SMILES string of the molecule is CC(C)(C)OC(=O)N1CC2C(c3nnc[nH]3)[C@H]2C1. The summed E-state index contributed by atoms with van der Waals surface area (Å²) in [6.45, 7) is 7.20. The number of H-pyrrole nitrogens is 1. The van der Waals surface area contributed by atoms with Crippen molar-refractivity contribution in [2.24, 2.45) is 11.8 Å². The first kappa shape index (κ1) is 11.5. The Labute approximate surface area is 106 Å². The first-order valence-electron chi connectivity index (χ1n) is 6.29. The minimum absolute atomic E-state index is 0.203. The number of carbonyl (C=O) groups is 1. The lowest BCUT2D eigenvalue weighted by Gasteiger charge is -2.25. The molecule has 2 unspecified atom stereocenters. The van der Waals surface area contributed by atoms with Gasteiger partial charge in [-0.05, 0) is 32.6 Å². The smallest absolute Gasteiger partial charge is 0.410 e. The van der Waals surface area contributed by atoms with Gasteiger partial charge in [0, 0.05) is 19.0 Å². The molecule has 18 heavy (non-hydrogen) atoms. The van der Waals surface area contributed by atoms with Crippen LogP contribution in [0.15, 0.2) is 6.33 Å². The minimum atomic E-state index is -0.422. The molecule has 2 aliphatic rings. The highest BCUT2D eigenvalue weighted by Gasteiger charge is 2.59. The molecule has 2 fully saturated rings. The summed E-state index contributed by atoms with van der Waals surface area (Å²) in [6, 6.07) is 0. The maximum absolute atomic E-state index is 11.9. The fraction of sp³-hybridized carbons (Fsp3) is 0.750. The van der Waals surface area contributed by atoms with Crippen molar-refractivity contribution in [1.29, 1.82) is 0 Å². The lowest BCUT2D eigenvalue weighted by molar-refractivity contribution is 0.0270. The van der Waals surface area contributed by atoms with Gasteiger partial charge in [-0.3, -0.25) is 0 Å². The molecule has 3 atom stereocenters. The van der Waals surface area contributed by atoms with E-state index in [1.165, 1.54) is 0 Å². The second-order valence-corrected chi connectivity index (χ2v) is 6.11. The van der Waals surface area contributed by atoms with Crippen molar-refractivity contribution in [2.45, 2.75) is 32.3 Å². The molecule has 1 N–H and O–H groups in total. The van der Waals surface area contributed by atoms with Gasteiger partial charge in [-0.1, -0.05) is 0 Å². The normalized spacial score (nSPS) is 30.2. The zero-order valence-corrected chi connectivity index (χ0v) is 10.9. The van der Waals surface area contributed by atoms with Gasteiger partial charge in [0.15, 0.2) is 0 Å². The van der Waals surface area contributed by atoms with E-state index in [1.807, 2.05) is 20.8 Å². The van der Waals surface area contributed by atoms with Crippen molar-refractivity contribution >= 4 is 6.09 Å². The highest BCUT2D eigenvalue weighted by atomic mass is 16.6. The van der Waals surface area contributed by atoms with Crippen LogP contribution >= 0.6 is 0 Å². The van der Waals surface area contributed by atoms with Gasteiger partial charge in [0.05, 0.1) is 0 Å². The summed E-state index contributed by atoms with van der Waals surface area (Å²) >= 11 is 0. The van der Waals surface area contributed by atoms with Crippen molar-refractivity contribution in [3.63, 3.8) is 0 Å². The third kappa shape index (κ3) is 1.95. The topological polar surface area (TPSA) is 71.1 Å². The number of aromatic amines is 1. The standard InChI is InChI=1S/C12H18N4O2/c1-12(2,3)18-11(17)16-4-7-8(5-16)9(7)10-13-6-14-15-10/h6-9H,4-5H2,1-3H3,(H,13,14,15)/t7-,8?,9?/m0/s1. The maximum Gasteiger partial charge on any atom is 0.410 e. The van der Waals surface area contributed by atoms with Crippen LogP contribution in [0.4, 0.5) is 4.79 Å². The largest absolute Gasteiger partial charge is 0.444 e. The van der Waals surface area contributed by atoms with Crippen molar-refractivity contribution in [3.05, 3.63) is 12.2 Å². The fourth-order valence-electron chi connectivity index (χ4n) is 2.79. The predicted octanol–water partition coefficient (Wildman–Crippen LogP) is 1.39. The Morgan fingerprint density at radius 2 is 2.11 bits per heavy atom. The van der Waals surface area contributed by atoms with Crippen LogP contribution in [-0.2, 0) is 4.74 Å². The molecule has 0 bridgehead atoms. The molecular weight excluding hydrogens is 232 g/mol. The van der Waals surface area contributed by atoms with E-state index in [0.717, 1.165) is 18.9 Å². The molecule has 1 aliphatic heterocycles. The van der Waals surface area contributed by atoms with Crippen molar-refractivity contribution < 1.29 is 9.53 Å². The number of amides is 1. The summed E-state index contributed by atoms with van der Waals surface area (Å²) in [5.41, 5.74) is -0.422. The molecule has 6 nitrogen and oxygen atoms in total. The number of nitrogens with zero attached hydrogens (tertiary/aromatic N) is 3. The molecule has 1 aromatic heterocycles. The molecule has 0 radical (unpaired) electrons. The average molecular weight is 250 g/mol. The van der Waals surface area contributed by atoms with E-state index in [1.54, 1.807) is 11.2 Å². The maximum atomic E-state index is 11.9. The number of hydrogen-bond donors (Lipinski definition) is 1. The molecule has 98 valence electrons. The Bertz CT molecular complexity index is 439. The quantitative estimate of drug-likeness (QED) is 0.817. The third-order valence-electron chi connectivity index (χ3n) is 3.60. The molecular formula is C12H18N4O2. The molecule has 1 saturated heterocycles. The second kappa shape index (κ2) is 3.70. The van der Waals surface area contributed by atoms with Crippen LogP contribution in [0.1, 0.15) is 32.5 Å². The molecule has 1 aliphatic carbocycles. The highest BCUT2D eigenvalue weighted by molar-refractivity contribution is 5.69. The zero-order chi connectivity index (χ0) is 12.9. The summed E-state index contributed by atoms with van der Waals surface area (Å²) in [6.07, 6.45) is 1.40. The molecule has 0 aromatic carbocycles. The van der Waals surface area contributed by atoms with E-state index < -0.39 is 5.60 Å². The highest BCUT2D eigenvalue weighted by Crippen LogP contribution is 2.57. The van der Waals surface area contributed by atoms with Crippen molar-refractivity contribution in [2.75, 3.05) is 13.1 Å². The van der Waals surface area contributed by atoms with Crippen LogP contribution in [0.2, 0.25) is 0 Å². The predicted molar refractivity (Wildman–Crippen MR) is 63.9 cm³/mol. The summed E-state index contributed by atoms with van der Waals surface area (Å²) in [4.78, 5) is 16.7. The van der Waals surface area contributed by atoms with Crippen LogP contribution in [-0.4, -0.2) is 44.9 Å². The van der Waals surface area contributed by atoms with Crippen LogP contribution < -0.4 is 0 Å². The summed E-state index contributed by atoms with van der Waals surface area (Å²) < 4.78 is 5.37. The van der Waals surface area contributed by atoms with Gasteiger partial charge < -0.3 is 14.6 Å². The number of ether oxygens (including phenoxy) is 1. The number of hydrogen-bond acceptors (Lipinski definition) is 4. The number of piperidine rings is 1. The van der Waals surface area contributed by atoms with Crippen LogP contribution in [0.25, 0.3) is 0 Å². The lowest BCUT2D eigenvalue weighted by atomic mass is 10.2. The summed E-state index contributed by atoms with van der Waals surface area (Å²) in [7, 11) is 0. The van der Waals surface area contributed by atoms with Crippen molar-refractivity contribution in [1.82, 2.24) is 20.1 Å². The van der Waals surface area contributed by atoms with Crippen LogP contribution in [0.5, 0.6) is 0 Å². The molecule has 1 amide bonds. The van der Waals surface area contributed by atoms with E-state index in [2.05, 4.69) is 15.2 Å². The number of nitrogens with one attached hydrogen (secondary N) is 1. The van der Waals surface area contributed by atoms with E-state index in [4.69, 9.17) is 4.74 Å². The number of likely N-dealkylation sites (tertiary alicyclic amines) is 1. The van der Waals surface area contributed by atoms with Gasteiger partial charge >= 0.3 is 6.09 Å². The van der Waals surface area contributed by atoms with Crippen LogP contribution in [0.3, 0.4) is 0 Å². The Morgan fingerprint density at radius 3 is 2.61 bits per heavy atom. The molecule has 1 saturated carbocycles.